The van der Waals surface area contributed by atoms with Crippen molar-refractivity contribution in [3.05, 3.63) is 30.0 Å². The summed E-state index contributed by atoms with van der Waals surface area (Å²) in [5.41, 5.74) is 9.29. The molecule has 10 nitrogen and oxygen atoms in total. The second kappa shape index (κ2) is 11.2. The van der Waals surface area contributed by atoms with Gasteiger partial charge in [0.2, 0.25) is 11.7 Å². The first-order valence-corrected chi connectivity index (χ1v) is 10.3. The molecule has 32 heavy (non-hydrogen) atoms. The summed E-state index contributed by atoms with van der Waals surface area (Å²) in [6.45, 7) is 3.34. The molecule has 172 valence electrons. The van der Waals surface area contributed by atoms with Gasteiger partial charge in [-0.15, -0.1) is 0 Å². The van der Waals surface area contributed by atoms with E-state index in [2.05, 4.69) is 15.1 Å². The van der Waals surface area contributed by atoms with Crippen LogP contribution in [0, 0.1) is 5.53 Å². The number of carbonyl (C=O) groups excluding carboxylic acids is 3. The Bertz CT molecular complexity index is 1020. The van der Waals surface area contributed by atoms with E-state index < -0.39 is 35.9 Å². The minimum absolute atomic E-state index is 0.0348. The second-order valence-electron chi connectivity index (χ2n) is 7.94. The molecule has 4 N–H and O–H groups in total. The topological polar surface area (TPSA) is 150 Å². The minimum atomic E-state index is -1.41. The van der Waals surface area contributed by atoms with Crippen molar-refractivity contribution in [1.29, 1.82) is 5.53 Å². The summed E-state index contributed by atoms with van der Waals surface area (Å²) in [6, 6.07) is 4.66. The average Bonchev–Trinajstić information content (AvgIpc) is 3.13. The van der Waals surface area contributed by atoms with Crippen LogP contribution in [-0.4, -0.2) is 71.1 Å². The molecule has 0 unspecified atom stereocenters. The van der Waals surface area contributed by atoms with Gasteiger partial charge in [0.05, 0.1) is 16.4 Å². The number of nitrogens with zero attached hydrogens (tertiary/aromatic N) is 2. The van der Waals surface area contributed by atoms with E-state index in [1.807, 2.05) is 37.2 Å². The highest BCUT2D eigenvalue weighted by Crippen LogP contribution is 2.29. The van der Waals surface area contributed by atoms with Crippen LogP contribution in [0.15, 0.2) is 24.4 Å². The average molecular weight is 445 g/mol. The fraction of sp³-hybridized carbons (Fsp3) is 0.455. The Kier molecular flexibility index (Phi) is 8.69. The Morgan fingerprint density at radius 1 is 1.31 bits per heavy atom. The van der Waals surface area contributed by atoms with Gasteiger partial charge in [0.1, 0.15) is 12.1 Å². The molecule has 2 rings (SSSR count). The molecule has 0 bridgehead atoms. The van der Waals surface area contributed by atoms with Crippen molar-refractivity contribution >= 4 is 40.5 Å². The Hall–Kier alpha value is -3.49. The number of Topliss-reactive ketones (excluding diaryl/α,β-unsaturated/α-hetero) is 1. The van der Waals surface area contributed by atoms with E-state index in [9.17, 15) is 19.5 Å². The molecule has 0 spiro atoms. The number of amides is 1. The molecule has 0 aliphatic rings. The van der Waals surface area contributed by atoms with E-state index in [0.717, 1.165) is 28.4 Å². The predicted octanol–water partition coefficient (Wildman–Crippen LogP) is 1.23. The zero-order valence-electron chi connectivity index (χ0n) is 18.7. The van der Waals surface area contributed by atoms with Gasteiger partial charge >= 0.3 is 12.2 Å². The SMILES string of the molecule is CC(C)OC(=O)[C@H](CCC(=O)C=[N+]=N)NC(=O)[C@@H](O)Cc1c[nH]c2cccc(N(C)C)c12. The number of H-pyrrole nitrogens is 1. The van der Waals surface area contributed by atoms with Gasteiger partial charge in [-0.1, -0.05) is 6.07 Å². The quantitative estimate of drug-likeness (QED) is 0.177. The van der Waals surface area contributed by atoms with Gasteiger partial charge in [0.25, 0.3) is 0 Å². The molecule has 2 aromatic rings. The number of rotatable bonds is 11. The highest BCUT2D eigenvalue weighted by Gasteiger charge is 2.28. The van der Waals surface area contributed by atoms with Gasteiger partial charge in [-0.25, -0.2) is 4.79 Å². The van der Waals surface area contributed by atoms with Crippen molar-refractivity contribution in [2.24, 2.45) is 0 Å². The number of hydrogen-bond acceptors (Lipinski definition) is 7. The first-order chi connectivity index (χ1) is 15.1. The zero-order valence-corrected chi connectivity index (χ0v) is 18.7. The van der Waals surface area contributed by atoms with Gasteiger partial charge in [-0.2, -0.15) is 0 Å². The third-order valence-electron chi connectivity index (χ3n) is 4.80. The highest BCUT2D eigenvalue weighted by molar-refractivity contribution is 6.25. The zero-order chi connectivity index (χ0) is 23.8. The number of ketones is 1. The second-order valence-corrected chi connectivity index (χ2v) is 7.94. The van der Waals surface area contributed by atoms with Crippen LogP contribution in [0.3, 0.4) is 0 Å². The number of aliphatic hydroxyl groups is 1. The minimum Gasteiger partial charge on any atom is -0.461 e. The molecule has 0 saturated heterocycles. The van der Waals surface area contributed by atoms with Crippen molar-refractivity contribution in [2.45, 2.75) is 51.4 Å². The van der Waals surface area contributed by atoms with Crippen molar-refractivity contribution in [3.8, 4) is 0 Å². The molecular formula is C22H30N5O5+. The number of aromatic amines is 1. The van der Waals surface area contributed by atoms with Gasteiger partial charge < -0.3 is 25.0 Å². The van der Waals surface area contributed by atoms with Crippen molar-refractivity contribution in [1.82, 2.24) is 10.3 Å². The molecule has 2 atom stereocenters. The number of aliphatic hydroxyl groups excluding tert-OH is 1. The lowest BCUT2D eigenvalue weighted by atomic mass is 10.0. The third-order valence-corrected chi connectivity index (χ3v) is 4.80. The number of nitrogens with one attached hydrogen (secondary N) is 3. The Morgan fingerprint density at radius 3 is 2.66 bits per heavy atom. The van der Waals surface area contributed by atoms with Crippen LogP contribution < -0.4 is 10.2 Å². The molecule has 1 aromatic heterocycles. The van der Waals surface area contributed by atoms with E-state index in [0.29, 0.717) is 0 Å². The summed E-state index contributed by atoms with van der Waals surface area (Å²) in [5, 5.41) is 13.9. The third kappa shape index (κ3) is 6.50. The van der Waals surface area contributed by atoms with E-state index in [1.165, 1.54) is 0 Å². The molecule has 1 amide bonds. The lowest BCUT2D eigenvalue weighted by Gasteiger charge is -2.20. The van der Waals surface area contributed by atoms with Crippen LogP contribution in [0.2, 0.25) is 0 Å². The molecule has 1 aromatic carbocycles. The normalized spacial score (nSPS) is 12.7. The summed E-state index contributed by atoms with van der Waals surface area (Å²) in [7, 11) is 3.82. The van der Waals surface area contributed by atoms with E-state index >= 15 is 0 Å². The molecule has 1 heterocycles. The monoisotopic (exact) mass is 444 g/mol. The first kappa shape index (κ1) is 24.8. The summed E-state index contributed by atoms with van der Waals surface area (Å²) >= 11 is 0. The lowest BCUT2D eigenvalue weighted by molar-refractivity contribution is -0.152. The molecule has 10 heteroatoms. The van der Waals surface area contributed by atoms with Crippen molar-refractivity contribution in [2.75, 3.05) is 19.0 Å². The maximum absolute atomic E-state index is 12.7. The lowest BCUT2D eigenvalue weighted by Crippen LogP contribution is -2.47. The van der Waals surface area contributed by atoms with E-state index in [4.69, 9.17) is 10.3 Å². The fourth-order valence-electron chi connectivity index (χ4n) is 3.32. The number of ether oxygens (including phenoxy) is 1. The highest BCUT2D eigenvalue weighted by atomic mass is 16.5. The molecule has 0 fully saturated rings. The van der Waals surface area contributed by atoms with Crippen LogP contribution in [-0.2, 0) is 25.5 Å². The molecule has 0 saturated carbocycles. The number of aromatic nitrogens is 1. The maximum atomic E-state index is 12.7. The summed E-state index contributed by atoms with van der Waals surface area (Å²) < 4.78 is 5.16. The maximum Gasteiger partial charge on any atom is 0.372 e. The summed E-state index contributed by atoms with van der Waals surface area (Å²) in [6.07, 6.45) is 0.653. The fourth-order valence-corrected chi connectivity index (χ4v) is 3.32. The Morgan fingerprint density at radius 2 is 2.03 bits per heavy atom. The number of fused-ring (bicyclic) bond motifs is 1. The number of carbonyl (C=O) groups is 3. The van der Waals surface area contributed by atoms with Gasteiger partial charge in [-0.3, -0.25) is 9.59 Å². The van der Waals surface area contributed by atoms with Crippen LogP contribution in [0.25, 0.3) is 10.9 Å². The van der Waals surface area contributed by atoms with Crippen LogP contribution in [0.1, 0.15) is 32.3 Å². The van der Waals surface area contributed by atoms with Gasteiger partial charge in [0.15, 0.2) is 0 Å². The smallest absolute Gasteiger partial charge is 0.372 e. The molecule has 0 aliphatic heterocycles. The number of hydrogen-bond donors (Lipinski definition) is 4. The van der Waals surface area contributed by atoms with Crippen molar-refractivity contribution < 1.29 is 29.0 Å². The molecular weight excluding hydrogens is 414 g/mol. The summed E-state index contributed by atoms with van der Waals surface area (Å²) in [5.74, 6) is -1.89. The number of anilines is 1. The molecule has 0 radical (unpaired) electrons. The van der Waals surface area contributed by atoms with Crippen molar-refractivity contribution in [3.63, 3.8) is 0 Å². The summed E-state index contributed by atoms with van der Waals surface area (Å²) in [4.78, 5) is 44.7. The van der Waals surface area contributed by atoms with Crippen LogP contribution >= 0.6 is 0 Å². The van der Waals surface area contributed by atoms with Crippen LogP contribution in [0.5, 0.6) is 0 Å². The Balaban J connectivity index is 2.15. The standard InChI is InChI=1S/C22H29N5O5/c1-13(2)32-22(31)17(9-8-15(28)12-25-23)26-21(30)19(29)10-14-11-24-16-6-5-7-18(20(14)16)27(3)4/h5-7,11-13,17,19,23-24,29H,8-10H2,1-4H3/p+1/t17-,19-/m0/s1. The van der Waals surface area contributed by atoms with E-state index in [-0.39, 0.29) is 19.3 Å². The van der Waals surface area contributed by atoms with Gasteiger partial charge in [-0.05, 0) is 38.0 Å². The number of benzene rings is 1. The van der Waals surface area contributed by atoms with E-state index in [1.54, 1.807) is 20.0 Å². The largest absolute Gasteiger partial charge is 0.461 e. The predicted molar refractivity (Wildman–Crippen MR) is 119 cm³/mol. The van der Waals surface area contributed by atoms with Gasteiger partial charge in [0, 0.05) is 49.7 Å². The molecule has 0 aliphatic carbocycles. The number of esters is 1. The Labute approximate surface area is 186 Å². The van der Waals surface area contributed by atoms with Crippen LogP contribution in [0.4, 0.5) is 5.69 Å². The first-order valence-electron chi connectivity index (χ1n) is 10.3.